The lowest BCUT2D eigenvalue weighted by molar-refractivity contribution is -0.147. The lowest BCUT2D eigenvalue weighted by Gasteiger charge is -2.43. The number of ether oxygens (including phenoxy) is 1. The number of aliphatic hydroxyl groups is 1. The zero-order valence-corrected chi connectivity index (χ0v) is 22.8. The number of carbonyl (C=O) groups is 3. The molecule has 0 saturated heterocycles. The van der Waals surface area contributed by atoms with E-state index in [2.05, 4.69) is 17.2 Å². The van der Waals surface area contributed by atoms with Crippen molar-refractivity contribution in [1.29, 1.82) is 0 Å². The zero-order chi connectivity index (χ0) is 28.0. The molecule has 0 aromatic heterocycles. The van der Waals surface area contributed by atoms with Crippen molar-refractivity contribution in [1.82, 2.24) is 10.2 Å². The van der Waals surface area contributed by atoms with E-state index in [1.165, 1.54) is 4.90 Å². The highest BCUT2D eigenvalue weighted by atomic mass is 16.6. The number of amides is 3. The molecular weight excluding hydrogens is 470 g/mol. The maximum absolute atomic E-state index is 13.9. The molecular formula is C29H39N3O5. The number of para-hydroxylation sites is 1. The molecule has 2 rings (SSSR count). The van der Waals surface area contributed by atoms with Crippen LogP contribution in [0.4, 0.5) is 10.5 Å². The van der Waals surface area contributed by atoms with Crippen molar-refractivity contribution in [3.8, 4) is 0 Å². The Morgan fingerprint density at radius 3 is 2.24 bits per heavy atom. The van der Waals surface area contributed by atoms with Gasteiger partial charge >= 0.3 is 6.09 Å². The molecule has 0 radical (unpaired) electrons. The second-order valence-corrected chi connectivity index (χ2v) is 10.8. The predicted octanol–water partition coefficient (Wildman–Crippen LogP) is 4.83. The highest BCUT2D eigenvalue weighted by Crippen LogP contribution is 2.32. The highest BCUT2D eigenvalue weighted by Gasteiger charge is 2.42. The number of hydrogen-bond donors (Lipinski definition) is 3. The lowest BCUT2D eigenvalue weighted by atomic mass is 9.94. The predicted molar refractivity (Wildman–Crippen MR) is 146 cm³/mol. The lowest BCUT2D eigenvalue weighted by Crippen LogP contribution is -2.59. The summed E-state index contributed by atoms with van der Waals surface area (Å²) in [5.74, 6) is -1.07. The van der Waals surface area contributed by atoms with Gasteiger partial charge in [-0.15, -0.1) is 0 Å². The number of aliphatic hydroxyl groups excluding tert-OH is 1. The summed E-state index contributed by atoms with van der Waals surface area (Å²) < 4.78 is 5.28. The van der Waals surface area contributed by atoms with Crippen LogP contribution >= 0.6 is 0 Å². The van der Waals surface area contributed by atoms with E-state index >= 15 is 0 Å². The number of carbonyl (C=O) groups excluding carboxylic acids is 3. The third-order valence-corrected chi connectivity index (χ3v) is 5.50. The van der Waals surface area contributed by atoms with Crippen LogP contribution in [0.2, 0.25) is 0 Å². The number of rotatable bonds is 8. The number of aryl methyl sites for hydroxylation is 1. The summed E-state index contributed by atoms with van der Waals surface area (Å²) in [6, 6.07) is 12.1. The second-order valence-electron chi connectivity index (χ2n) is 10.8. The van der Waals surface area contributed by atoms with Crippen LogP contribution in [0.25, 0.3) is 6.08 Å². The number of anilines is 1. The average molecular weight is 510 g/mol. The van der Waals surface area contributed by atoms with Crippen molar-refractivity contribution < 1.29 is 24.2 Å². The Hall–Kier alpha value is -3.65. The minimum absolute atomic E-state index is 0.437. The summed E-state index contributed by atoms with van der Waals surface area (Å²) in [7, 11) is 0. The first kappa shape index (κ1) is 29.6. The molecule has 0 spiro atoms. The third-order valence-electron chi connectivity index (χ3n) is 5.50. The van der Waals surface area contributed by atoms with Crippen molar-refractivity contribution in [2.75, 3.05) is 11.9 Å². The van der Waals surface area contributed by atoms with Crippen molar-refractivity contribution >= 4 is 29.7 Å². The SMILES string of the molecule is C=Cc1cccc(C(C(=O)Nc2ccccc2C)N(C(=O)C(CO)NC(=O)OC(C)(C)C)C(C)(C)C)c1. The van der Waals surface area contributed by atoms with Gasteiger partial charge in [0, 0.05) is 11.2 Å². The molecule has 8 heteroatoms. The van der Waals surface area contributed by atoms with Crippen molar-refractivity contribution in [2.45, 2.75) is 71.7 Å². The van der Waals surface area contributed by atoms with Crippen LogP contribution in [0.15, 0.2) is 55.1 Å². The Morgan fingerprint density at radius 2 is 1.70 bits per heavy atom. The molecule has 3 amide bonds. The molecule has 0 aliphatic rings. The van der Waals surface area contributed by atoms with Crippen LogP contribution in [-0.4, -0.2) is 51.7 Å². The van der Waals surface area contributed by atoms with Gasteiger partial charge in [-0.05, 0) is 77.3 Å². The largest absolute Gasteiger partial charge is 0.444 e. The smallest absolute Gasteiger partial charge is 0.408 e. The molecule has 0 heterocycles. The van der Waals surface area contributed by atoms with E-state index in [1.807, 2.05) is 31.2 Å². The Morgan fingerprint density at radius 1 is 1.05 bits per heavy atom. The molecule has 0 bridgehead atoms. The quantitative estimate of drug-likeness (QED) is 0.472. The molecule has 8 nitrogen and oxygen atoms in total. The number of benzene rings is 2. The van der Waals surface area contributed by atoms with E-state index in [1.54, 1.807) is 71.9 Å². The zero-order valence-electron chi connectivity index (χ0n) is 22.8. The highest BCUT2D eigenvalue weighted by molar-refractivity contribution is 5.99. The summed E-state index contributed by atoms with van der Waals surface area (Å²) in [5.41, 5.74) is 1.14. The van der Waals surface area contributed by atoms with E-state index in [9.17, 15) is 19.5 Å². The van der Waals surface area contributed by atoms with Crippen LogP contribution in [0.3, 0.4) is 0 Å². The fraction of sp³-hybridized carbons (Fsp3) is 0.414. The van der Waals surface area contributed by atoms with Crippen molar-refractivity contribution in [2.24, 2.45) is 0 Å². The summed E-state index contributed by atoms with van der Waals surface area (Å²) >= 11 is 0. The van der Waals surface area contributed by atoms with Crippen LogP contribution in [0.1, 0.15) is 64.3 Å². The van der Waals surface area contributed by atoms with Gasteiger partial charge in [0.25, 0.3) is 5.91 Å². The fourth-order valence-corrected chi connectivity index (χ4v) is 3.84. The maximum atomic E-state index is 13.9. The molecule has 0 saturated carbocycles. The Balaban J connectivity index is 2.58. The molecule has 2 atom stereocenters. The van der Waals surface area contributed by atoms with Gasteiger partial charge in [0.1, 0.15) is 17.7 Å². The summed E-state index contributed by atoms with van der Waals surface area (Å²) in [6.45, 7) is 15.5. The molecule has 0 aliphatic heterocycles. The van der Waals surface area contributed by atoms with E-state index in [4.69, 9.17) is 4.74 Å². The molecule has 0 fully saturated rings. The Bertz CT molecular complexity index is 1130. The number of nitrogens with zero attached hydrogens (tertiary/aromatic N) is 1. The van der Waals surface area contributed by atoms with Gasteiger partial charge in [0.2, 0.25) is 5.91 Å². The summed E-state index contributed by atoms with van der Waals surface area (Å²) in [5, 5.41) is 15.5. The molecule has 2 aromatic carbocycles. The topological polar surface area (TPSA) is 108 Å². The standard InChI is InChI=1S/C29H39N3O5/c1-9-20-14-12-15-21(17-20)24(25(34)30-22-16-11-10-13-19(22)2)32(28(3,4)5)26(35)23(18-33)31-27(36)37-29(6,7)8/h9-17,23-24,33H,1,18H2,2-8H3,(H,30,34)(H,31,36). The normalized spacial score (nSPS) is 13.2. The molecule has 2 aromatic rings. The van der Waals surface area contributed by atoms with Crippen LogP contribution < -0.4 is 10.6 Å². The minimum atomic E-state index is -1.33. The number of hydrogen-bond acceptors (Lipinski definition) is 5. The first-order valence-corrected chi connectivity index (χ1v) is 12.2. The fourth-order valence-electron chi connectivity index (χ4n) is 3.84. The first-order valence-electron chi connectivity index (χ1n) is 12.2. The minimum Gasteiger partial charge on any atom is -0.444 e. The van der Waals surface area contributed by atoms with Gasteiger partial charge in [-0.2, -0.15) is 0 Å². The van der Waals surface area contributed by atoms with E-state index in [0.717, 1.165) is 11.1 Å². The van der Waals surface area contributed by atoms with Crippen LogP contribution in [0, 0.1) is 6.92 Å². The van der Waals surface area contributed by atoms with Gasteiger partial charge in [-0.25, -0.2) is 4.79 Å². The number of alkyl carbamates (subject to hydrolysis) is 1. The van der Waals surface area contributed by atoms with Crippen molar-refractivity contribution in [3.63, 3.8) is 0 Å². The van der Waals surface area contributed by atoms with Gasteiger partial charge in [0.15, 0.2) is 0 Å². The number of nitrogens with one attached hydrogen (secondary N) is 2. The van der Waals surface area contributed by atoms with Crippen molar-refractivity contribution in [3.05, 3.63) is 71.8 Å². The molecule has 2 unspecified atom stereocenters. The Kier molecular flexibility index (Phi) is 9.64. The second kappa shape index (κ2) is 12.1. The van der Waals surface area contributed by atoms with Gasteiger partial charge in [-0.1, -0.05) is 49.1 Å². The first-order chi connectivity index (χ1) is 17.2. The van der Waals surface area contributed by atoms with E-state index in [0.29, 0.717) is 11.3 Å². The molecule has 200 valence electrons. The molecule has 3 N–H and O–H groups in total. The van der Waals surface area contributed by atoms with Gasteiger partial charge < -0.3 is 25.4 Å². The third kappa shape index (κ3) is 8.18. The molecule has 0 aliphatic carbocycles. The molecule has 37 heavy (non-hydrogen) atoms. The van der Waals surface area contributed by atoms with E-state index in [-0.39, 0.29) is 0 Å². The van der Waals surface area contributed by atoms with Gasteiger partial charge in [-0.3, -0.25) is 9.59 Å². The average Bonchev–Trinajstić information content (AvgIpc) is 2.80. The Labute approximate surface area is 219 Å². The van der Waals surface area contributed by atoms with Crippen LogP contribution in [-0.2, 0) is 14.3 Å². The monoisotopic (exact) mass is 509 g/mol. The maximum Gasteiger partial charge on any atom is 0.408 e. The summed E-state index contributed by atoms with van der Waals surface area (Å²) in [6.07, 6.45) is 0.812. The van der Waals surface area contributed by atoms with Crippen LogP contribution in [0.5, 0.6) is 0 Å². The van der Waals surface area contributed by atoms with E-state index < -0.39 is 47.7 Å². The summed E-state index contributed by atoms with van der Waals surface area (Å²) in [4.78, 5) is 41.6. The van der Waals surface area contributed by atoms with Gasteiger partial charge in [0.05, 0.1) is 6.61 Å².